The van der Waals surface area contributed by atoms with Crippen LogP contribution in [-0.2, 0) is 9.53 Å². The molecule has 1 amide bonds. The highest BCUT2D eigenvalue weighted by Gasteiger charge is 2.24. The van der Waals surface area contributed by atoms with Gasteiger partial charge in [0.1, 0.15) is 17.0 Å². The van der Waals surface area contributed by atoms with Gasteiger partial charge < -0.3 is 14.2 Å². The minimum absolute atomic E-state index is 0. The fourth-order valence-corrected chi connectivity index (χ4v) is 5.09. The van der Waals surface area contributed by atoms with E-state index in [1.165, 1.54) is 16.9 Å². The van der Waals surface area contributed by atoms with E-state index in [2.05, 4.69) is 18.7 Å². The second-order valence-electron chi connectivity index (χ2n) is 8.44. The molecule has 0 radical (unpaired) electrons. The zero-order valence-electron chi connectivity index (χ0n) is 20.2. The predicted octanol–water partition coefficient (Wildman–Crippen LogP) is 5.25. The monoisotopic (exact) mass is 539 g/mol. The van der Waals surface area contributed by atoms with Gasteiger partial charge in [-0.3, -0.25) is 14.6 Å². The number of aromatic nitrogens is 1. The van der Waals surface area contributed by atoms with E-state index in [0.717, 1.165) is 24.3 Å². The summed E-state index contributed by atoms with van der Waals surface area (Å²) in [6.07, 6.45) is 0. The maximum atomic E-state index is 13.3. The van der Waals surface area contributed by atoms with Crippen LogP contribution in [0.1, 0.15) is 25.3 Å². The molecule has 0 N–H and O–H groups in total. The molecule has 0 spiro atoms. The predicted molar refractivity (Wildman–Crippen MR) is 144 cm³/mol. The quantitative estimate of drug-likeness (QED) is 0.370. The van der Waals surface area contributed by atoms with Crippen LogP contribution in [0.5, 0.6) is 11.5 Å². The lowest BCUT2D eigenvalue weighted by Crippen LogP contribution is -2.44. The van der Waals surface area contributed by atoms with Crippen LogP contribution in [0.4, 0.5) is 5.13 Å². The molecule has 10 heteroatoms. The number of benzene rings is 2. The Hall–Kier alpha value is -2.10. The molecule has 35 heavy (non-hydrogen) atoms. The highest BCUT2D eigenvalue weighted by Crippen LogP contribution is 2.38. The molecule has 1 aliphatic rings. The molecule has 1 aliphatic heterocycles. The Morgan fingerprint density at radius 3 is 2.57 bits per heavy atom. The number of halogens is 2. The number of ether oxygens (including phenoxy) is 3. The molecule has 0 aliphatic carbocycles. The SMILES string of the molecule is COc1ccc(Cl)c2sc(N(CCN3CCOCC3)C(=O)COc3ccc(C(C)C)cc3)nc12.Cl. The lowest BCUT2D eigenvalue weighted by atomic mass is 10.0. The number of anilines is 1. The lowest BCUT2D eigenvalue weighted by molar-refractivity contribution is -0.120. The second-order valence-corrected chi connectivity index (χ2v) is 9.82. The van der Waals surface area contributed by atoms with Crippen molar-refractivity contribution in [2.75, 3.05) is 58.0 Å². The van der Waals surface area contributed by atoms with Gasteiger partial charge in [0.05, 0.1) is 30.0 Å². The standard InChI is InChI=1S/C25H30ClN3O4S.ClH/c1-17(2)18-4-6-19(7-5-18)33-16-22(30)29(11-10-28-12-14-32-15-13-28)25-27-23-21(31-3)9-8-20(26)24(23)34-25;/h4-9,17H,10-16H2,1-3H3;1H. The largest absolute Gasteiger partial charge is 0.494 e. The molecule has 0 saturated carbocycles. The van der Waals surface area contributed by atoms with Gasteiger partial charge in [0, 0.05) is 26.2 Å². The summed E-state index contributed by atoms with van der Waals surface area (Å²) in [4.78, 5) is 22.1. The molecule has 2 heterocycles. The van der Waals surface area contributed by atoms with Crippen molar-refractivity contribution in [3.8, 4) is 11.5 Å². The Kier molecular flexibility index (Phi) is 10.0. The van der Waals surface area contributed by atoms with E-state index in [4.69, 9.17) is 30.8 Å². The number of fused-ring (bicyclic) bond motifs is 1. The number of hydrogen-bond donors (Lipinski definition) is 0. The molecular weight excluding hydrogens is 509 g/mol. The van der Waals surface area contributed by atoms with Gasteiger partial charge in [0.2, 0.25) is 0 Å². The van der Waals surface area contributed by atoms with Gasteiger partial charge in [0.15, 0.2) is 11.7 Å². The highest BCUT2D eigenvalue weighted by molar-refractivity contribution is 7.23. The Bertz CT molecular complexity index is 1120. The second kappa shape index (κ2) is 12.7. The summed E-state index contributed by atoms with van der Waals surface area (Å²) in [6, 6.07) is 11.4. The number of methoxy groups -OCH3 is 1. The van der Waals surface area contributed by atoms with E-state index < -0.39 is 0 Å². The molecule has 3 aromatic rings. The zero-order valence-corrected chi connectivity index (χ0v) is 22.5. The summed E-state index contributed by atoms with van der Waals surface area (Å²) in [7, 11) is 1.60. The number of carbonyl (C=O) groups is 1. The van der Waals surface area contributed by atoms with Crippen molar-refractivity contribution >= 4 is 56.6 Å². The minimum Gasteiger partial charge on any atom is -0.494 e. The number of morpholine rings is 1. The molecule has 2 aromatic carbocycles. The summed E-state index contributed by atoms with van der Waals surface area (Å²) in [5.41, 5.74) is 1.88. The van der Waals surface area contributed by atoms with Gasteiger partial charge in [-0.2, -0.15) is 0 Å². The third-order valence-electron chi connectivity index (χ3n) is 5.85. The van der Waals surface area contributed by atoms with Gasteiger partial charge in [0.25, 0.3) is 5.91 Å². The zero-order chi connectivity index (χ0) is 24.1. The fraction of sp³-hybridized carbons (Fsp3) is 0.440. The topological polar surface area (TPSA) is 64.1 Å². The molecule has 7 nitrogen and oxygen atoms in total. The number of thiazole rings is 1. The van der Waals surface area contributed by atoms with E-state index in [9.17, 15) is 4.79 Å². The van der Waals surface area contributed by atoms with Gasteiger partial charge >= 0.3 is 0 Å². The van der Waals surface area contributed by atoms with Gasteiger partial charge in [-0.15, -0.1) is 12.4 Å². The van der Waals surface area contributed by atoms with Crippen LogP contribution in [0.25, 0.3) is 10.2 Å². The summed E-state index contributed by atoms with van der Waals surface area (Å²) < 4.78 is 17.5. The first kappa shape index (κ1) is 27.5. The van der Waals surface area contributed by atoms with E-state index in [1.807, 2.05) is 24.3 Å². The first-order valence-electron chi connectivity index (χ1n) is 11.4. The van der Waals surface area contributed by atoms with Crippen LogP contribution in [0.15, 0.2) is 36.4 Å². The fourth-order valence-electron chi connectivity index (χ4n) is 3.79. The van der Waals surface area contributed by atoms with Crippen LogP contribution < -0.4 is 14.4 Å². The minimum atomic E-state index is -0.157. The first-order chi connectivity index (χ1) is 16.5. The van der Waals surface area contributed by atoms with Crippen LogP contribution in [0.3, 0.4) is 0 Å². The number of nitrogens with zero attached hydrogens (tertiary/aromatic N) is 3. The average Bonchev–Trinajstić information content (AvgIpc) is 3.30. The van der Waals surface area contributed by atoms with Crippen molar-refractivity contribution < 1.29 is 19.0 Å². The molecule has 0 atom stereocenters. The Morgan fingerprint density at radius 2 is 1.91 bits per heavy atom. The Labute approximate surface area is 221 Å². The van der Waals surface area contributed by atoms with Crippen LogP contribution >= 0.6 is 35.3 Å². The smallest absolute Gasteiger partial charge is 0.266 e. The van der Waals surface area contributed by atoms with E-state index in [0.29, 0.717) is 52.8 Å². The molecular formula is C25H31Cl2N3O4S. The molecule has 1 aromatic heterocycles. The molecule has 4 rings (SSSR count). The summed E-state index contributed by atoms with van der Waals surface area (Å²) in [5.74, 6) is 1.58. The number of amides is 1. The molecule has 0 bridgehead atoms. The number of hydrogen-bond acceptors (Lipinski definition) is 7. The normalized spacial score (nSPS) is 14.1. The van der Waals surface area contributed by atoms with Crippen molar-refractivity contribution in [2.24, 2.45) is 0 Å². The van der Waals surface area contributed by atoms with E-state index >= 15 is 0 Å². The van der Waals surface area contributed by atoms with Crippen molar-refractivity contribution in [1.29, 1.82) is 0 Å². The van der Waals surface area contributed by atoms with Crippen molar-refractivity contribution in [2.45, 2.75) is 19.8 Å². The summed E-state index contributed by atoms with van der Waals surface area (Å²) in [6.45, 7) is 8.53. The Balaban J connectivity index is 0.00000342. The van der Waals surface area contributed by atoms with Crippen LogP contribution in [0.2, 0.25) is 5.02 Å². The first-order valence-corrected chi connectivity index (χ1v) is 12.6. The Morgan fingerprint density at radius 1 is 1.20 bits per heavy atom. The van der Waals surface area contributed by atoms with E-state index in [1.54, 1.807) is 24.1 Å². The number of rotatable bonds is 9. The van der Waals surface area contributed by atoms with Crippen molar-refractivity contribution in [3.05, 3.63) is 47.0 Å². The summed E-state index contributed by atoms with van der Waals surface area (Å²) >= 11 is 7.81. The van der Waals surface area contributed by atoms with Crippen LogP contribution in [-0.4, -0.2) is 68.9 Å². The molecule has 190 valence electrons. The molecule has 1 fully saturated rings. The van der Waals surface area contributed by atoms with Gasteiger partial charge in [-0.25, -0.2) is 4.98 Å². The maximum Gasteiger partial charge on any atom is 0.266 e. The van der Waals surface area contributed by atoms with Gasteiger partial charge in [-0.05, 0) is 35.7 Å². The molecule has 1 saturated heterocycles. The van der Waals surface area contributed by atoms with E-state index in [-0.39, 0.29) is 24.9 Å². The van der Waals surface area contributed by atoms with Crippen LogP contribution in [0, 0.1) is 0 Å². The van der Waals surface area contributed by atoms with Crippen molar-refractivity contribution in [1.82, 2.24) is 9.88 Å². The lowest BCUT2D eigenvalue weighted by Gasteiger charge is -2.29. The van der Waals surface area contributed by atoms with Crippen molar-refractivity contribution in [3.63, 3.8) is 0 Å². The summed E-state index contributed by atoms with van der Waals surface area (Å²) in [5, 5.41) is 1.17. The molecule has 0 unspecified atom stereocenters. The third kappa shape index (κ3) is 6.77. The number of carbonyl (C=O) groups excluding carboxylic acids is 1. The highest BCUT2D eigenvalue weighted by atomic mass is 35.5. The van der Waals surface area contributed by atoms with Gasteiger partial charge in [-0.1, -0.05) is 48.9 Å². The third-order valence-corrected chi connectivity index (χ3v) is 7.39. The maximum absolute atomic E-state index is 13.3. The average molecular weight is 541 g/mol.